The number of carboxylic acids is 1. The van der Waals surface area contributed by atoms with Crippen LogP contribution >= 0.6 is 22.7 Å². The van der Waals surface area contributed by atoms with Gasteiger partial charge in [0.2, 0.25) is 5.89 Å². The molecule has 2 aromatic carbocycles. The minimum atomic E-state index is -0.826. The molecule has 2 saturated carbocycles. The van der Waals surface area contributed by atoms with Crippen LogP contribution in [-0.4, -0.2) is 54.8 Å². The predicted octanol–water partition coefficient (Wildman–Crippen LogP) is 9.51. The summed E-state index contributed by atoms with van der Waals surface area (Å²) in [5.74, 6) is 0.0341. The average Bonchev–Trinajstić information content (AvgIpc) is 4.07. The first-order valence-electron chi connectivity index (χ1n) is 19.8. The molecular weight excluding hydrogens is 793 g/mol. The van der Waals surface area contributed by atoms with Crippen molar-refractivity contribution in [2.45, 2.75) is 97.3 Å². The third-order valence-electron chi connectivity index (χ3n) is 10.2. The molecule has 2 aliphatic carbocycles. The molecule has 0 aliphatic heterocycles. The fourth-order valence-corrected chi connectivity index (χ4v) is 8.83. The van der Waals surface area contributed by atoms with E-state index < -0.39 is 18.0 Å². The summed E-state index contributed by atoms with van der Waals surface area (Å²) in [5, 5.41) is 24.2. The number of ketones is 2. The Morgan fingerprint density at radius 1 is 0.678 bits per heavy atom. The van der Waals surface area contributed by atoms with Crippen molar-refractivity contribution >= 4 is 73.9 Å². The molecule has 2 aliphatic rings. The number of nitrogens with zero attached hydrogens (tertiary/aromatic N) is 4. The average molecular weight is 841 g/mol. The van der Waals surface area contributed by atoms with E-state index in [1.807, 2.05) is 38.1 Å². The van der Waals surface area contributed by atoms with Crippen molar-refractivity contribution in [1.82, 2.24) is 20.1 Å². The molecule has 5 aromatic rings. The first-order chi connectivity index (χ1) is 28.5. The number of hydrogen-bond donors (Lipinski definition) is 5. The van der Waals surface area contributed by atoms with Gasteiger partial charge in [-0.15, -0.1) is 22.7 Å². The normalized spacial score (nSPS) is 14.0. The molecule has 0 atom stereocenters. The lowest BCUT2D eigenvalue weighted by Gasteiger charge is -2.14. The number of hydrogen-bond acceptors (Lipinski definition) is 12. The van der Waals surface area contributed by atoms with Gasteiger partial charge >= 0.3 is 18.0 Å². The highest BCUT2D eigenvalue weighted by molar-refractivity contribution is 7.16. The van der Waals surface area contributed by atoms with Gasteiger partial charge in [-0.3, -0.25) is 25.0 Å². The molecule has 3 heterocycles. The van der Waals surface area contributed by atoms with Crippen LogP contribution in [0.1, 0.15) is 112 Å². The van der Waals surface area contributed by atoms with E-state index in [9.17, 15) is 24.0 Å². The summed E-state index contributed by atoms with van der Waals surface area (Å²) in [5.41, 5.74) is 4.14. The number of thiazole rings is 2. The topological polar surface area (TPSA) is 218 Å². The molecule has 0 saturated heterocycles. The van der Waals surface area contributed by atoms with E-state index in [-0.39, 0.29) is 29.8 Å². The highest BCUT2D eigenvalue weighted by atomic mass is 32.1. The number of aryl methyl sites for hydroxylation is 5. The van der Waals surface area contributed by atoms with E-state index >= 15 is 0 Å². The minimum Gasteiger partial charge on any atom is -0.481 e. The number of nitrogens with one attached hydrogen (secondary N) is 4. The third-order valence-corrected chi connectivity index (χ3v) is 12.1. The molecular formula is C42H48N8O7S2. The Morgan fingerprint density at radius 2 is 1.17 bits per heavy atom. The Hall–Kier alpha value is -5.81. The maximum absolute atomic E-state index is 12.9. The fraction of sp³-hybridized carbons (Fsp3) is 0.405. The van der Waals surface area contributed by atoms with Gasteiger partial charge in [-0.1, -0.05) is 54.1 Å². The van der Waals surface area contributed by atoms with Crippen LogP contribution in [0.5, 0.6) is 0 Å². The maximum Gasteiger partial charge on any atom is 0.325 e. The van der Waals surface area contributed by atoms with Crippen molar-refractivity contribution in [2.75, 3.05) is 21.3 Å². The van der Waals surface area contributed by atoms with Gasteiger partial charge in [-0.05, 0) is 83.1 Å². The summed E-state index contributed by atoms with van der Waals surface area (Å²) in [6.07, 6.45) is 15.3. The van der Waals surface area contributed by atoms with Crippen LogP contribution in [-0.2, 0) is 24.1 Å². The number of carbonyl (C=O) groups excluding carboxylic acids is 4. The molecule has 0 unspecified atom stereocenters. The van der Waals surface area contributed by atoms with Gasteiger partial charge in [0.05, 0.1) is 11.4 Å². The van der Waals surface area contributed by atoms with Gasteiger partial charge in [-0.25, -0.2) is 19.6 Å². The Morgan fingerprint density at radius 3 is 1.63 bits per heavy atom. The molecule has 4 amide bonds. The molecule has 310 valence electrons. The standard InChI is InChI=1S/C21H23N5O3S.C21H25N3O4S/c1-13-6-8-17(16(10-13)19(27)14-4-2-3-5-14)25-20(28)26-21-22-11-15(30-21)7-9-18-23-12-24-29-18;1-13-9-10-17(16(11-13)19(27)14-5-2-3-6-14)23-20(28)24-21-22-12-15(29-21)7-4-8-18(25)26/h6,8,10-12,14H,2-5,7,9H2,1H3,(H2,22,25,26,28);9-12,14H,2-8H2,1H3,(H,25,26)(H2,22,23,24,28). The largest absolute Gasteiger partial charge is 0.481 e. The van der Waals surface area contributed by atoms with Gasteiger partial charge < -0.3 is 20.3 Å². The number of benzene rings is 2. The SMILES string of the molecule is Cc1ccc(NC(=O)Nc2ncc(CCCC(=O)O)s2)c(C(=O)C2CCCC2)c1.Cc1ccc(NC(=O)Nc2ncc(CCc3ncno3)s2)c(C(=O)C2CCCC2)c1. The van der Waals surface area contributed by atoms with Crippen LogP contribution in [0.25, 0.3) is 0 Å². The van der Waals surface area contributed by atoms with Crippen molar-refractivity contribution in [1.29, 1.82) is 0 Å². The second-order valence-electron chi connectivity index (χ2n) is 14.8. The number of carbonyl (C=O) groups is 5. The lowest BCUT2D eigenvalue weighted by Crippen LogP contribution is -2.22. The predicted molar refractivity (Wildman–Crippen MR) is 227 cm³/mol. The van der Waals surface area contributed by atoms with Crippen molar-refractivity contribution in [2.24, 2.45) is 11.8 Å². The van der Waals surface area contributed by atoms with Gasteiger partial charge in [0, 0.05) is 58.0 Å². The molecule has 2 fully saturated rings. The Kier molecular flexibility index (Phi) is 15.0. The quantitative estimate of drug-likeness (QED) is 0.0625. The van der Waals surface area contributed by atoms with Crippen LogP contribution < -0.4 is 21.3 Å². The van der Waals surface area contributed by atoms with Crippen LogP contribution in [0.15, 0.2) is 59.6 Å². The fourth-order valence-electron chi connectivity index (χ4n) is 7.17. The Balaban J connectivity index is 0.000000199. The van der Waals surface area contributed by atoms with Crippen molar-refractivity contribution in [3.63, 3.8) is 0 Å². The summed E-state index contributed by atoms with van der Waals surface area (Å²) in [4.78, 5) is 75.7. The summed E-state index contributed by atoms with van der Waals surface area (Å²) < 4.78 is 4.98. The summed E-state index contributed by atoms with van der Waals surface area (Å²) in [6, 6.07) is 10.1. The van der Waals surface area contributed by atoms with E-state index in [2.05, 4.69) is 41.4 Å². The zero-order chi connectivity index (χ0) is 41.7. The second-order valence-corrected chi connectivity index (χ2v) is 17.0. The number of Topliss-reactive ketones (excluding diaryl/α,β-unsaturated/α-hetero) is 2. The second kappa shape index (κ2) is 20.7. The summed E-state index contributed by atoms with van der Waals surface area (Å²) >= 11 is 2.70. The zero-order valence-electron chi connectivity index (χ0n) is 33.0. The first-order valence-corrected chi connectivity index (χ1v) is 21.5. The number of anilines is 4. The number of aromatic nitrogens is 4. The van der Waals surface area contributed by atoms with E-state index in [4.69, 9.17) is 9.63 Å². The van der Waals surface area contributed by atoms with Gasteiger partial charge in [0.15, 0.2) is 28.2 Å². The highest BCUT2D eigenvalue weighted by Crippen LogP contribution is 2.33. The number of amides is 4. The zero-order valence-corrected chi connectivity index (χ0v) is 34.7. The van der Waals surface area contributed by atoms with Crippen LogP contribution in [0.4, 0.5) is 31.2 Å². The number of rotatable bonds is 15. The van der Waals surface area contributed by atoms with Crippen molar-refractivity contribution in [3.05, 3.63) is 93.0 Å². The Bertz CT molecular complexity index is 2240. The van der Waals surface area contributed by atoms with Crippen molar-refractivity contribution < 1.29 is 33.6 Å². The first kappa shape index (κ1) is 42.8. The van der Waals surface area contributed by atoms with Gasteiger partial charge in [-0.2, -0.15) is 4.98 Å². The Labute approximate surface area is 349 Å². The van der Waals surface area contributed by atoms with Crippen LogP contribution in [0.2, 0.25) is 0 Å². The van der Waals surface area contributed by atoms with Crippen LogP contribution in [0, 0.1) is 25.7 Å². The number of aliphatic carboxylic acids is 1. The van der Waals surface area contributed by atoms with E-state index in [1.54, 1.807) is 24.5 Å². The molecule has 17 heteroatoms. The highest BCUT2D eigenvalue weighted by Gasteiger charge is 2.27. The number of carboxylic acid groups (broad SMARTS) is 1. The van der Waals surface area contributed by atoms with E-state index in [1.165, 1.54) is 29.0 Å². The molecule has 3 aromatic heterocycles. The molecule has 59 heavy (non-hydrogen) atoms. The van der Waals surface area contributed by atoms with E-state index in [0.29, 0.717) is 64.3 Å². The molecule has 7 rings (SSSR count). The lowest BCUT2D eigenvalue weighted by atomic mass is 9.94. The summed E-state index contributed by atoms with van der Waals surface area (Å²) in [7, 11) is 0. The lowest BCUT2D eigenvalue weighted by molar-refractivity contribution is -0.137. The smallest absolute Gasteiger partial charge is 0.325 e. The monoisotopic (exact) mass is 840 g/mol. The molecule has 0 radical (unpaired) electrons. The van der Waals surface area contributed by atoms with Crippen LogP contribution in [0.3, 0.4) is 0 Å². The van der Waals surface area contributed by atoms with Crippen molar-refractivity contribution in [3.8, 4) is 0 Å². The number of urea groups is 2. The molecule has 15 nitrogen and oxygen atoms in total. The molecule has 0 spiro atoms. The van der Waals surface area contributed by atoms with Gasteiger partial charge in [0.25, 0.3) is 0 Å². The minimum absolute atomic E-state index is 0.0349. The van der Waals surface area contributed by atoms with Gasteiger partial charge in [0.1, 0.15) is 0 Å². The molecule has 0 bridgehead atoms. The van der Waals surface area contributed by atoms with E-state index in [0.717, 1.165) is 72.2 Å². The third kappa shape index (κ3) is 12.6. The molecule has 5 N–H and O–H groups in total. The maximum atomic E-state index is 12.9. The summed E-state index contributed by atoms with van der Waals surface area (Å²) in [6.45, 7) is 3.87.